The standard InChI is InChI=1S/C13H21N5O/c1-16-4-6-17(7-5-16)13(19)12-9-18(10-15-12)11-2-3-14-8-11/h9-11,14H,2-8H2,1H3. The molecule has 1 aromatic heterocycles. The molecule has 1 amide bonds. The number of rotatable bonds is 2. The van der Waals surface area contributed by atoms with Gasteiger partial charge in [-0.3, -0.25) is 4.79 Å². The fraction of sp³-hybridized carbons (Fsp3) is 0.692. The van der Waals surface area contributed by atoms with Gasteiger partial charge >= 0.3 is 0 Å². The van der Waals surface area contributed by atoms with Crippen molar-refractivity contribution < 1.29 is 4.79 Å². The van der Waals surface area contributed by atoms with E-state index in [2.05, 4.69) is 26.8 Å². The Morgan fingerprint density at radius 3 is 2.84 bits per heavy atom. The Bertz CT molecular complexity index is 444. The van der Waals surface area contributed by atoms with Crippen molar-refractivity contribution in [2.75, 3.05) is 46.3 Å². The van der Waals surface area contributed by atoms with Crippen molar-refractivity contribution >= 4 is 5.91 Å². The number of hydrogen-bond donors (Lipinski definition) is 1. The summed E-state index contributed by atoms with van der Waals surface area (Å²) in [5.41, 5.74) is 0.580. The fourth-order valence-corrected chi connectivity index (χ4v) is 2.71. The average molecular weight is 263 g/mol. The third-order valence-electron chi connectivity index (χ3n) is 4.07. The van der Waals surface area contributed by atoms with E-state index in [0.29, 0.717) is 11.7 Å². The summed E-state index contributed by atoms with van der Waals surface area (Å²) in [6, 6.07) is 0.446. The van der Waals surface area contributed by atoms with Crippen LogP contribution in [-0.4, -0.2) is 71.6 Å². The van der Waals surface area contributed by atoms with E-state index in [1.165, 1.54) is 0 Å². The summed E-state index contributed by atoms with van der Waals surface area (Å²) in [4.78, 5) is 20.8. The topological polar surface area (TPSA) is 53.4 Å². The summed E-state index contributed by atoms with van der Waals surface area (Å²) >= 11 is 0. The Balaban J connectivity index is 1.66. The molecule has 0 radical (unpaired) electrons. The zero-order valence-electron chi connectivity index (χ0n) is 11.4. The first-order valence-electron chi connectivity index (χ1n) is 6.96. The minimum atomic E-state index is 0.0674. The molecule has 6 heteroatoms. The summed E-state index contributed by atoms with van der Waals surface area (Å²) in [6.07, 6.45) is 4.80. The normalized spacial score (nSPS) is 24.9. The molecule has 6 nitrogen and oxygen atoms in total. The fourth-order valence-electron chi connectivity index (χ4n) is 2.71. The van der Waals surface area contributed by atoms with E-state index in [-0.39, 0.29) is 5.91 Å². The van der Waals surface area contributed by atoms with Crippen LogP contribution >= 0.6 is 0 Å². The summed E-state index contributed by atoms with van der Waals surface area (Å²) < 4.78 is 2.07. The second kappa shape index (κ2) is 5.30. The molecule has 0 bridgehead atoms. The van der Waals surface area contributed by atoms with Crippen LogP contribution in [-0.2, 0) is 0 Å². The minimum absolute atomic E-state index is 0.0674. The van der Waals surface area contributed by atoms with Crippen LogP contribution in [0.4, 0.5) is 0 Å². The molecule has 3 rings (SSSR count). The monoisotopic (exact) mass is 263 g/mol. The van der Waals surface area contributed by atoms with Crippen molar-refractivity contribution in [1.82, 2.24) is 24.7 Å². The van der Waals surface area contributed by atoms with Gasteiger partial charge in [0, 0.05) is 45.0 Å². The van der Waals surface area contributed by atoms with Gasteiger partial charge in [-0.2, -0.15) is 0 Å². The molecule has 2 fully saturated rings. The molecule has 19 heavy (non-hydrogen) atoms. The largest absolute Gasteiger partial charge is 0.335 e. The predicted molar refractivity (Wildman–Crippen MR) is 72.2 cm³/mol. The highest BCUT2D eigenvalue weighted by Gasteiger charge is 2.23. The lowest BCUT2D eigenvalue weighted by Crippen LogP contribution is -2.47. The van der Waals surface area contributed by atoms with Crippen molar-refractivity contribution in [3.63, 3.8) is 0 Å². The smallest absolute Gasteiger partial charge is 0.274 e. The molecular formula is C13H21N5O. The molecule has 1 aromatic rings. The van der Waals surface area contributed by atoms with Crippen LogP contribution in [0.1, 0.15) is 23.0 Å². The lowest BCUT2D eigenvalue weighted by atomic mass is 10.2. The second-order valence-electron chi connectivity index (χ2n) is 5.45. The molecule has 1 N–H and O–H groups in total. The number of carbonyl (C=O) groups is 1. The SMILES string of the molecule is CN1CCN(C(=O)c2cn(C3CCNC3)cn2)CC1. The number of piperazine rings is 1. The van der Waals surface area contributed by atoms with Crippen molar-refractivity contribution in [2.45, 2.75) is 12.5 Å². The van der Waals surface area contributed by atoms with Gasteiger partial charge in [0.2, 0.25) is 0 Å². The van der Waals surface area contributed by atoms with Gasteiger partial charge < -0.3 is 19.7 Å². The van der Waals surface area contributed by atoms with Gasteiger partial charge in [-0.05, 0) is 20.0 Å². The summed E-state index contributed by atoms with van der Waals surface area (Å²) in [7, 11) is 2.09. The lowest BCUT2D eigenvalue weighted by Gasteiger charge is -2.31. The van der Waals surface area contributed by atoms with Crippen LogP contribution < -0.4 is 5.32 Å². The maximum absolute atomic E-state index is 12.4. The van der Waals surface area contributed by atoms with E-state index < -0.39 is 0 Å². The van der Waals surface area contributed by atoms with Crippen molar-refractivity contribution in [3.8, 4) is 0 Å². The van der Waals surface area contributed by atoms with Gasteiger partial charge in [0.25, 0.3) is 5.91 Å². The number of aromatic nitrogens is 2. The summed E-state index contributed by atoms with van der Waals surface area (Å²) in [5.74, 6) is 0.0674. The van der Waals surface area contributed by atoms with Gasteiger partial charge in [0.05, 0.1) is 6.33 Å². The van der Waals surface area contributed by atoms with E-state index in [1.807, 2.05) is 11.1 Å². The maximum Gasteiger partial charge on any atom is 0.274 e. The van der Waals surface area contributed by atoms with E-state index >= 15 is 0 Å². The van der Waals surface area contributed by atoms with Crippen molar-refractivity contribution in [1.29, 1.82) is 0 Å². The number of hydrogen-bond acceptors (Lipinski definition) is 4. The minimum Gasteiger partial charge on any atom is -0.335 e. The van der Waals surface area contributed by atoms with Crippen LogP contribution in [0, 0.1) is 0 Å². The molecule has 0 aliphatic carbocycles. The Morgan fingerprint density at radius 2 is 2.16 bits per heavy atom. The first kappa shape index (κ1) is 12.6. The van der Waals surface area contributed by atoms with Crippen molar-refractivity contribution in [3.05, 3.63) is 18.2 Å². The molecule has 2 saturated heterocycles. The van der Waals surface area contributed by atoms with Crippen LogP contribution in [0.15, 0.2) is 12.5 Å². The molecular weight excluding hydrogens is 242 g/mol. The lowest BCUT2D eigenvalue weighted by molar-refractivity contribution is 0.0658. The number of imidazole rings is 1. The van der Waals surface area contributed by atoms with E-state index in [1.54, 1.807) is 6.33 Å². The second-order valence-corrected chi connectivity index (χ2v) is 5.45. The molecule has 0 spiro atoms. The van der Waals surface area contributed by atoms with E-state index in [9.17, 15) is 4.79 Å². The highest BCUT2D eigenvalue weighted by atomic mass is 16.2. The number of nitrogens with zero attached hydrogens (tertiary/aromatic N) is 4. The van der Waals surface area contributed by atoms with Gasteiger partial charge in [0.15, 0.2) is 0 Å². The van der Waals surface area contributed by atoms with Crippen LogP contribution in [0.5, 0.6) is 0 Å². The predicted octanol–water partition coefficient (Wildman–Crippen LogP) is -0.195. The first-order chi connectivity index (χ1) is 9.24. The molecule has 3 heterocycles. The average Bonchev–Trinajstić information content (AvgIpc) is 3.10. The summed E-state index contributed by atoms with van der Waals surface area (Å²) in [5, 5.41) is 3.33. The van der Waals surface area contributed by atoms with Gasteiger partial charge in [-0.15, -0.1) is 0 Å². The highest BCUT2D eigenvalue weighted by Crippen LogP contribution is 2.16. The molecule has 2 aliphatic heterocycles. The zero-order valence-corrected chi connectivity index (χ0v) is 11.4. The number of likely N-dealkylation sites (N-methyl/N-ethyl adjacent to an activating group) is 1. The molecule has 1 atom stereocenters. The third kappa shape index (κ3) is 2.64. The van der Waals surface area contributed by atoms with Crippen LogP contribution in [0.25, 0.3) is 0 Å². The zero-order chi connectivity index (χ0) is 13.2. The van der Waals surface area contributed by atoms with Crippen molar-refractivity contribution in [2.24, 2.45) is 0 Å². The Hall–Kier alpha value is -1.40. The number of amides is 1. The Labute approximate surface area is 113 Å². The van der Waals surface area contributed by atoms with Crippen LogP contribution in [0.3, 0.4) is 0 Å². The van der Waals surface area contributed by atoms with Gasteiger partial charge in [0.1, 0.15) is 5.69 Å². The Morgan fingerprint density at radius 1 is 1.37 bits per heavy atom. The highest BCUT2D eigenvalue weighted by molar-refractivity contribution is 5.92. The summed E-state index contributed by atoms with van der Waals surface area (Å²) in [6.45, 7) is 5.50. The van der Waals surface area contributed by atoms with Gasteiger partial charge in [-0.25, -0.2) is 4.98 Å². The van der Waals surface area contributed by atoms with E-state index in [4.69, 9.17) is 0 Å². The van der Waals surface area contributed by atoms with Crippen LogP contribution in [0.2, 0.25) is 0 Å². The number of carbonyl (C=O) groups excluding carboxylic acids is 1. The maximum atomic E-state index is 12.4. The molecule has 0 saturated carbocycles. The molecule has 104 valence electrons. The molecule has 0 aromatic carbocycles. The molecule has 2 aliphatic rings. The third-order valence-corrected chi connectivity index (χ3v) is 4.07. The first-order valence-corrected chi connectivity index (χ1v) is 6.96. The van der Waals surface area contributed by atoms with Gasteiger partial charge in [-0.1, -0.05) is 0 Å². The molecule has 1 unspecified atom stereocenters. The number of nitrogens with one attached hydrogen (secondary N) is 1. The van der Waals surface area contributed by atoms with E-state index in [0.717, 1.165) is 45.7 Å². The Kier molecular flexibility index (Phi) is 3.52. The quantitative estimate of drug-likeness (QED) is 0.803.